The van der Waals surface area contributed by atoms with Crippen LogP contribution in [0.15, 0.2) is 54.7 Å². The minimum absolute atomic E-state index is 0.0489. The van der Waals surface area contributed by atoms with E-state index in [9.17, 15) is 19.1 Å². The highest BCUT2D eigenvalue weighted by molar-refractivity contribution is 6.04. The molecule has 2 N–H and O–H groups in total. The van der Waals surface area contributed by atoms with Gasteiger partial charge in [0.1, 0.15) is 17.1 Å². The average molecular weight is 380 g/mol. The van der Waals surface area contributed by atoms with Gasteiger partial charge >= 0.3 is 5.97 Å². The number of carboxylic acids is 1. The number of aromatic carboxylic acids is 1. The monoisotopic (exact) mass is 380 g/mol. The fourth-order valence-electron chi connectivity index (χ4n) is 3.68. The molecule has 0 saturated carbocycles. The van der Waals surface area contributed by atoms with Crippen LogP contribution < -0.4 is 10.1 Å². The van der Waals surface area contributed by atoms with Gasteiger partial charge in [-0.15, -0.1) is 0 Å². The lowest BCUT2D eigenvalue weighted by atomic mass is 9.87. The first-order valence-corrected chi connectivity index (χ1v) is 8.67. The third kappa shape index (κ3) is 2.90. The zero-order chi connectivity index (χ0) is 19.8. The van der Waals surface area contributed by atoms with Gasteiger partial charge in [-0.1, -0.05) is 24.3 Å². The molecule has 2 heterocycles. The van der Waals surface area contributed by atoms with E-state index in [2.05, 4.69) is 5.32 Å². The number of amides is 1. The number of methoxy groups -OCH3 is 1. The molecule has 0 saturated heterocycles. The number of fused-ring (bicyclic) bond motifs is 1. The summed E-state index contributed by atoms with van der Waals surface area (Å²) in [5.41, 5.74) is 1.98. The number of carbonyl (C=O) groups is 2. The molecule has 0 unspecified atom stereocenters. The molecule has 0 aliphatic carbocycles. The lowest BCUT2D eigenvalue weighted by Gasteiger charge is -2.27. The molecule has 142 valence electrons. The highest BCUT2D eigenvalue weighted by Gasteiger charge is 2.35. The molecular weight excluding hydrogens is 363 g/mol. The van der Waals surface area contributed by atoms with Crippen molar-refractivity contribution in [1.29, 1.82) is 0 Å². The Morgan fingerprint density at radius 3 is 2.75 bits per heavy atom. The Labute approximate surface area is 160 Å². The van der Waals surface area contributed by atoms with Crippen LogP contribution in [0.4, 0.5) is 10.1 Å². The fourth-order valence-corrected chi connectivity index (χ4v) is 3.68. The van der Waals surface area contributed by atoms with Crippen LogP contribution in [0.5, 0.6) is 5.75 Å². The number of hydrogen-bond acceptors (Lipinski definition) is 3. The Morgan fingerprint density at radius 2 is 2.04 bits per heavy atom. The molecule has 1 amide bonds. The van der Waals surface area contributed by atoms with Crippen LogP contribution in [0, 0.1) is 5.82 Å². The molecule has 1 aliphatic rings. The van der Waals surface area contributed by atoms with Gasteiger partial charge < -0.3 is 19.7 Å². The zero-order valence-electron chi connectivity index (χ0n) is 15.0. The Hall–Kier alpha value is -3.61. The topological polar surface area (TPSA) is 80.6 Å². The second-order valence-electron chi connectivity index (χ2n) is 6.50. The largest absolute Gasteiger partial charge is 0.496 e. The molecule has 7 heteroatoms. The van der Waals surface area contributed by atoms with E-state index in [0.717, 1.165) is 5.56 Å². The van der Waals surface area contributed by atoms with Gasteiger partial charge in [-0.2, -0.15) is 0 Å². The standard InChI is InChI=1S/C21H17FN2O4/c1-28-17-8-3-2-7-14(17)15-10-18(25)23-19-16(21(26)27)11-24(20(15)19)13-6-4-5-12(22)9-13/h2-9,11,15H,10H2,1H3,(H,23,25)(H,26,27)/t15-/m0/s1. The number of anilines is 1. The number of halogens is 1. The molecule has 0 radical (unpaired) electrons. The molecule has 2 aromatic carbocycles. The minimum atomic E-state index is -1.17. The Morgan fingerprint density at radius 1 is 1.25 bits per heavy atom. The van der Waals surface area contributed by atoms with E-state index in [0.29, 0.717) is 17.1 Å². The van der Waals surface area contributed by atoms with Crippen molar-refractivity contribution in [3.63, 3.8) is 0 Å². The number of ether oxygens (including phenoxy) is 1. The maximum atomic E-state index is 13.8. The Kier molecular flexibility index (Phi) is 4.35. The summed E-state index contributed by atoms with van der Waals surface area (Å²) in [6, 6.07) is 13.2. The second-order valence-corrected chi connectivity index (χ2v) is 6.50. The Balaban J connectivity index is 2.00. The number of rotatable bonds is 4. The maximum Gasteiger partial charge on any atom is 0.339 e. The van der Waals surface area contributed by atoms with Crippen molar-refractivity contribution in [3.05, 3.63) is 77.4 Å². The molecule has 6 nitrogen and oxygen atoms in total. The van der Waals surface area contributed by atoms with Gasteiger partial charge in [0.05, 0.1) is 18.5 Å². The summed E-state index contributed by atoms with van der Waals surface area (Å²) in [4.78, 5) is 24.2. The molecule has 1 aromatic heterocycles. The van der Waals surface area contributed by atoms with Crippen molar-refractivity contribution >= 4 is 17.6 Å². The first-order chi connectivity index (χ1) is 13.5. The second kappa shape index (κ2) is 6.84. The minimum Gasteiger partial charge on any atom is -0.496 e. The van der Waals surface area contributed by atoms with Gasteiger partial charge in [0.25, 0.3) is 0 Å². The predicted molar refractivity (Wildman–Crippen MR) is 101 cm³/mol. The normalized spacial score (nSPS) is 15.6. The highest BCUT2D eigenvalue weighted by atomic mass is 19.1. The summed E-state index contributed by atoms with van der Waals surface area (Å²) < 4.78 is 20.9. The van der Waals surface area contributed by atoms with Crippen LogP contribution in [0.1, 0.15) is 34.0 Å². The van der Waals surface area contributed by atoms with Crippen molar-refractivity contribution in [2.45, 2.75) is 12.3 Å². The summed E-state index contributed by atoms with van der Waals surface area (Å²) in [6.07, 6.45) is 1.53. The van der Waals surface area contributed by atoms with Crippen LogP contribution in [0.2, 0.25) is 0 Å². The van der Waals surface area contributed by atoms with E-state index in [4.69, 9.17) is 4.74 Å². The third-order valence-corrected chi connectivity index (χ3v) is 4.86. The van der Waals surface area contributed by atoms with E-state index < -0.39 is 17.7 Å². The Bertz CT molecular complexity index is 1090. The number of hydrogen-bond donors (Lipinski definition) is 2. The number of nitrogens with zero attached hydrogens (tertiary/aromatic N) is 1. The molecule has 28 heavy (non-hydrogen) atoms. The first kappa shape index (κ1) is 17.8. The van der Waals surface area contributed by atoms with Gasteiger partial charge in [-0.25, -0.2) is 9.18 Å². The number of para-hydroxylation sites is 1. The van der Waals surface area contributed by atoms with Gasteiger partial charge in [0, 0.05) is 29.8 Å². The molecule has 3 aromatic rings. The van der Waals surface area contributed by atoms with Crippen molar-refractivity contribution in [2.75, 3.05) is 12.4 Å². The van der Waals surface area contributed by atoms with E-state index in [1.165, 1.54) is 25.4 Å². The quantitative estimate of drug-likeness (QED) is 0.722. The fraction of sp³-hybridized carbons (Fsp3) is 0.143. The highest BCUT2D eigenvalue weighted by Crippen LogP contribution is 2.44. The molecule has 1 atom stereocenters. The molecular formula is C21H17FN2O4. The lowest BCUT2D eigenvalue weighted by molar-refractivity contribution is -0.116. The predicted octanol–water partition coefficient (Wildman–Crippen LogP) is 3.80. The first-order valence-electron chi connectivity index (χ1n) is 8.67. The number of nitrogens with one attached hydrogen (secondary N) is 1. The van der Waals surface area contributed by atoms with Gasteiger partial charge in [-0.05, 0) is 24.3 Å². The SMILES string of the molecule is COc1ccccc1[C@@H]1CC(=O)Nc2c(C(=O)O)cn(-c3cccc(F)c3)c21. The summed E-state index contributed by atoms with van der Waals surface area (Å²) in [7, 11) is 1.54. The van der Waals surface area contributed by atoms with Crippen LogP contribution >= 0.6 is 0 Å². The number of carboxylic acid groups (broad SMARTS) is 1. The molecule has 1 aliphatic heterocycles. The summed E-state index contributed by atoms with van der Waals surface area (Å²) in [6.45, 7) is 0. The maximum absolute atomic E-state index is 13.8. The van der Waals surface area contributed by atoms with Crippen molar-refractivity contribution < 1.29 is 23.8 Å². The van der Waals surface area contributed by atoms with Crippen molar-refractivity contribution in [2.24, 2.45) is 0 Å². The number of carbonyl (C=O) groups excluding carboxylic acids is 1. The molecule has 0 fully saturated rings. The van der Waals surface area contributed by atoms with Gasteiger partial charge in [-0.3, -0.25) is 4.79 Å². The smallest absolute Gasteiger partial charge is 0.339 e. The molecule has 0 bridgehead atoms. The van der Waals surface area contributed by atoms with Crippen LogP contribution in [0.3, 0.4) is 0 Å². The summed E-state index contributed by atoms with van der Waals surface area (Å²) in [5, 5.41) is 12.3. The van der Waals surface area contributed by atoms with Crippen LogP contribution in [0.25, 0.3) is 5.69 Å². The third-order valence-electron chi connectivity index (χ3n) is 4.86. The average Bonchev–Trinajstić information content (AvgIpc) is 3.07. The van der Waals surface area contributed by atoms with Crippen molar-refractivity contribution in [1.82, 2.24) is 4.57 Å². The molecule has 0 spiro atoms. The summed E-state index contributed by atoms with van der Waals surface area (Å²) >= 11 is 0. The van der Waals surface area contributed by atoms with Crippen molar-refractivity contribution in [3.8, 4) is 11.4 Å². The van der Waals surface area contributed by atoms with E-state index >= 15 is 0 Å². The van der Waals surface area contributed by atoms with E-state index in [1.54, 1.807) is 22.8 Å². The van der Waals surface area contributed by atoms with Gasteiger partial charge in [0.2, 0.25) is 5.91 Å². The van der Waals surface area contributed by atoms with Crippen LogP contribution in [-0.4, -0.2) is 28.7 Å². The number of aromatic nitrogens is 1. The van der Waals surface area contributed by atoms with E-state index in [-0.39, 0.29) is 23.6 Å². The van der Waals surface area contributed by atoms with E-state index in [1.807, 2.05) is 18.2 Å². The lowest BCUT2D eigenvalue weighted by Crippen LogP contribution is -2.25. The number of benzene rings is 2. The van der Waals surface area contributed by atoms with Crippen LogP contribution in [-0.2, 0) is 4.79 Å². The zero-order valence-corrected chi connectivity index (χ0v) is 15.0. The summed E-state index contributed by atoms with van der Waals surface area (Å²) in [5.74, 6) is -1.76. The molecule has 4 rings (SSSR count). The van der Waals surface area contributed by atoms with Gasteiger partial charge in [0.15, 0.2) is 0 Å².